The van der Waals surface area contributed by atoms with Gasteiger partial charge >= 0.3 is 0 Å². The Morgan fingerprint density at radius 1 is 1.50 bits per heavy atom. The smallest absolute Gasteiger partial charge is 0.157 e. The first kappa shape index (κ1) is 9.71. The third kappa shape index (κ3) is 1.98. The molecule has 1 aliphatic heterocycles. The predicted molar refractivity (Wildman–Crippen MR) is 53.9 cm³/mol. The largest absolute Gasteiger partial charge is 0.379 e. The van der Waals surface area contributed by atoms with E-state index >= 15 is 0 Å². The summed E-state index contributed by atoms with van der Waals surface area (Å²) in [4.78, 5) is 13.5. The van der Waals surface area contributed by atoms with E-state index in [1.165, 1.54) is 5.70 Å². The summed E-state index contributed by atoms with van der Waals surface area (Å²) in [6.45, 7) is 4.82. The maximum absolute atomic E-state index is 11.2. The lowest BCUT2D eigenvalue weighted by Crippen LogP contribution is -2.33. The molecule has 0 bridgehead atoms. The fourth-order valence-electron chi connectivity index (χ4n) is 2.14. The highest BCUT2D eigenvalue weighted by Gasteiger charge is 2.23. The van der Waals surface area contributed by atoms with Gasteiger partial charge in [0.15, 0.2) is 5.78 Å². The SMILES string of the molecule is CC1COCCCN1C1=CC(=O)CC1. The number of carbonyl (C=O) groups is 1. The van der Waals surface area contributed by atoms with Gasteiger partial charge in [-0.15, -0.1) is 0 Å². The normalized spacial score (nSPS) is 28.9. The standard InChI is InChI=1S/C11H17NO2/c1-9-8-14-6-2-5-12(9)10-3-4-11(13)7-10/h7,9H,2-6,8H2,1H3. The summed E-state index contributed by atoms with van der Waals surface area (Å²) in [5, 5.41) is 0. The molecule has 0 saturated carbocycles. The Hall–Kier alpha value is -0.830. The van der Waals surface area contributed by atoms with Gasteiger partial charge in [0.1, 0.15) is 0 Å². The Balaban J connectivity index is 2.07. The lowest BCUT2D eigenvalue weighted by molar-refractivity contribution is -0.114. The van der Waals surface area contributed by atoms with Gasteiger partial charge in [-0.2, -0.15) is 0 Å². The molecule has 3 heteroatoms. The molecule has 2 rings (SSSR count). The van der Waals surface area contributed by atoms with Crippen LogP contribution in [-0.4, -0.2) is 36.5 Å². The van der Waals surface area contributed by atoms with Crippen LogP contribution in [0.25, 0.3) is 0 Å². The van der Waals surface area contributed by atoms with Crippen LogP contribution < -0.4 is 0 Å². The van der Waals surface area contributed by atoms with Crippen LogP contribution in [-0.2, 0) is 9.53 Å². The zero-order valence-corrected chi connectivity index (χ0v) is 8.66. The molecule has 0 aromatic rings. The molecule has 1 aliphatic carbocycles. The number of ether oxygens (including phenoxy) is 1. The number of nitrogens with zero attached hydrogens (tertiary/aromatic N) is 1. The van der Waals surface area contributed by atoms with Crippen LogP contribution >= 0.6 is 0 Å². The summed E-state index contributed by atoms with van der Waals surface area (Å²) in [5.41, 5.74) is 1.22. The number of hydrogen-bond acceptors (Lipinski definition) is 3. The number of hydrogen-bond donors (Lipinski definition) is 0. The van der Waals surface area contributed by atoms with Gasteiger partial charge in [-0.05, 0) is 19.8 Å². The molecular formula is C11H17NO2. The molecule has 1 saturated heterocycles. The molecule has 3 nitrogen and oxygen atoms in total. The summed E-state index contributed by atoms with van der Waals surface area (Å²) in [6, 6.07) is 0.412. The Labute approximate surface area is 84.7 Å². The molecule has 0 N–H and O–H groups in total. The van der Waals surface area contributed by atoms with E-state index < -0.39 is 0 Å². The lowest BCUT2D eigenvalue weighted by Gasteiger charge is -2.29. The minimum absolute atomic E-state index is 0.275. The predicted octanol–water partition coefficient (Wildman–Crippen LogP) is 1.34. The van der Waals surface area contributed by atoms with Gasteiger partial charge in [0.25, 0.3) is 0 Å². The summed E-state index contributed by atoms with van der Waals surface area (Å²) in [6.07, 6.45) is 4.49. The minimum Gasteiger partial charge on any atom is -0.379 e. The Morgan fingerprint density at radius 3 is 3.07 bits per heavy atom. The molecule has 2 aliphatic rings. The topological polar surface area (TPSA) is 29.5 Å². The van der Waals surface area contributed by atoms with Gasteiger partial charge in [0.2, 0.25) is 0 Å². The van der Waals surface area contributed by atoms with Crippen LogP contribution in [0, 0.1) is 0 Å². The number of ketones is 1. The average Bonchev–Trinajstić information content (AvgIpc) is 2.46. The highest BCUT2D eigenvalue weighted by molar-refractivity contribution is 5.92. The van der Waals surface area contributed by atoms with Crippen molar-refractivity contribution in [3.63, 3.8) is 0 Å². The van der Waals surface area contributed by atoms with E-state index in [2.05, 4.69) is 11.8 Å². The van der Waals surface area contributed by atoms with Crippen molar-refractivity contribution in [2.45, 2.75) is 32.2 Å². The van der Waals surface area contributed by atoms with Crippen LogP contribution in [0.5, 0.6) is 0 Å². The molecule has 1 unspecified atom stereocenters. The van der Waals surface area contributed by atoms with E-state index in [1.807, 2.05) is 6.08 Å². The Morgan fingerprint density at radius 2 is 2.36 bits per heavy atom. The fourth-order valence-corrected chi connectivity index (χ4v) is 2.14. The minimum atomic E-state index is 0.275. The molecule has 78 valence electrons. The zero-order chi connectivity index (χ0) is 9.97. The molecular weight excluding hydrogens is 178 g/mol. The van der Waals surface area contributed by atoms with Crippen molar-refractivity contribution in [3.05, 3.63) is 11.8 Å². The second-order valence-electron chi connectivity index (χ2n) is 4.07. The molecule has 0 amide bonds. The van der Waals surface area contributed by atoms with E-state index in [4.69, 9.17) is 4.74 Å². The van der Waals surface area contributed by atoms with Crippen molar-refractivity contribution in [2.24, 2.45) is 0 Å². The fraction of sp³-hybridized carbons (Fsp3) is 0.727. The first-order valence-electron chi connectivity index (χ1n) is 5.35. The van der Waals surface area contributed by atoms with Crippen molar-refractivity contribution in [1.29, 1.82) is 0 Å². The van der Waals surface area contributed by atoms with Crippen molar-refractivity contribution in [3.8, 4) is 0 Å². The number of rotatable bonds is 1. The summed E-state index contributed by atoms with van der Waals surface area (Å²) < 4.78 is 5.47. The molecule has 0 spiro atoms. The van der Waals surface area contributed by atoms with Gasteiger partial charge in [-0.25, -0.2) is 0 Å². The monoisotopic (exact) mass is 195 g/mol. The maximum atomic E-state index is 11.2. The zero-order valence-electron chi connectivity index (χ0n) is 8.66. The second-order valence-corrected chi connectivity index (χ2v) is 4.07. The van der Waals surface area contributed by atoms with Crippen molar-refractivity contribution >= 4 is 5.78 Å². The third-order valence-electron chi connectivity index (χ3n) is 2.90. The maximum Gasteiger partial charge on any atom is 0.157 e. The lowest BCUT2D eigenvalue weighted by atomic mass is 10.2. The van der Waals surface area contributed by atoms with E-state index in [9.17, 15) is 4.79 Å². The van der Waals surface area contributed by atoms with Gasteiger partial charge < -0.3 is 9.64 Å². The van der Waals surface area contributed by atoms with E-state index in [-0.39, 0.29) is 5.78 Å². The highest BCUT2D eigenvalue weighted by atomic mass is 16.5. The molecule has 0 aromatic carbocycles. The van der Waals surface area contributed by atoms with Gasteiger partial charge in [0, 0.05) is 37.4 Å². The molecule has 0 aromatic heterocycles. The second kappa shape index (κ2) is 4.13. The number of allylic oxidation sites excluding steroid dienone is 2. The average molecular weight is 195 g/mol. The molecule has 1 heterocycles. The summed E-state index contributed by atoms with van der Waals surface area (Å²) in [7, 11) is 0. The first-order chi connectivity index (χ1) is 6.77. The van der Waals surface area contributed by atoms with Gasteiger partial charge in [0.05, 0.1) is 6.61 Å². The van der Waals surface area contributed by atoms with E-state index in [0.29, 0.717) is 12.5 Å². The van der Waals surface area contributed by atoms with Crippen molar-refractivity contribution in [2.75, 3.05) is 19.8 Å². The highest BCUT2D eigenvalue weighted by Crippen LogP contribution is 2.23. The van der Waals surface area contributed by atoms with Crippen LogP contribution in [0.2, 0.25) is 0 Å². The van der Waals surface area contributed by atoms with Gasteiger partial charge in [-0.3, -0.25) is 4.79 Å². The molecule has 1 fully saturated rings. The Bertz CT molecular complexity index is 260. The quantitative estimate of drug-likeness (QED) is 0.632. The third-order valence-corrected chi connectivity index (χ3v) is 2.90. The molecule has 14 heavy (non-hydrogen) atoms. The van der Waals surface area contributed by atoms with E-state index in [1.54, 1.807) is 0 Å². The van der Waals surface area contributed by atoms with Crippen molar-refractivity contribution in [1.82, 2.24) is 4.90 Å². The van der Waals surface area contributed by atoms with Crippen LogP contribution in [0.4, 0.5) is 0 Å². The summed E-state index contributed by atoms with van der Waals surface area (Å²) in [5.74, 6) is 0.275. The van der Waals surface area contributed by atoms with Crippen LogP contribution in [0.15, 0.2) is 11.8 Å². The van der Waals surface area contributed by atoms with Crippen LogP contribution in [0.1, 0.15) is 26.2 Å². The number of carbonyl (C=O) groups excluding carboxylic acids is 1. The molecule has 0 radical (unpaired) electrons. The summed E-state index contributed by atoms with van der Waals surface area (Å²) >= 11 is 0. The van der Waals surface area contributed by atoms with Gasteiger partial charge in [-0.1, -0.05) is 0 Å². The molecule has 1 atom stereocenters. The first-order valence-corrected chi connectivity index (χ1v) is 5.35. The van der Waals surface area contributed by atoms with Crippen molar-refractivity contribution < 1.29 is 9.53 Å². The Kier molecular flexibility index (Phi) is 2.87. The van der Waals surface area contributed by atoms with Crippen LogP contribution in [0.3, 0.4) is 0 Å². The van der Waals surface area contributed by atoms with E-state index in [0.717, 1.165) is 32.6 Å².